The monoisotopic (exact) mass is 239 g/mol. The van der Waals surface area contributed by atoms with Crippen molar-refractivity contribution in [3.8, 4) is 0 Å². The van der Waals surface area contributed by atoms with Gasteiger partial charge in [-0.05, 0) is 36.0 Å². The van der Waals surface area contributed by atoms with Crippen LogP contribution in [0.4, 0.5) is 0 Å². The highest BCUT2D eigenvalue weighted by Gasteiger charge is 2.15. The molecule has 0 N–H and O–H groups in total. The molecule has 0 atom stereocenters. The minimum absolute atomic E-state index is 0.218. The second kappa shape index (κ2) is 3.74. The van der Waals surface area contributed by atoms with Gasteiger partial charge in [-0.2, -0.15) is 0 Å². The van der Waals surface area contributed by atoms with Crippen LogP contribution >= 0.6 is 0 Å². The molecule has 94 valence electrons. The Morgan fingerprint density at radius 3 is 2.50 bits per heavy atom. The Balaban J connectivity index is 2.43. The molecule has 0 saturated heterocycles. The molecule has 1 heteroatoms. The molecule has 0 bridgehead atoms. The molecule has 0 radical (unpaired) electrons. The Morgan fingerprint density at radius 2 is 1.78 bits per heavy atom. The van der Waals surface area contributed by atoms with Crippen molar-refractivity contribution < 1.29 is 0 Å². The average Bonchev–Trinajstić information content (AvgIpc) is 2.63. The van der Waals surface area contributed by atoms with Gasteiger partial charge in [0, 0.05) is 28.5 Å². The predicted octanol–water partition coefficient (Wildman–Crippen LogP) is 2.83. The fraction of sp³-hybridized carbons (Fsp3) is 0.412. The van der Waals surface area contributed by atoms with E-state index in [0.717, 1.165) is 0 Å². The maximum Gasteiger partial charge on any atom is 0.0488 e. The lowest BCUT2D eigenvalue weighted by Gasteiger charge is -2.19. The lowest BCUT2D eigenvalue weighted by atomic mass is 9.86. The fourth-order valence-electron chi connectivity index (χ4n) is 2.87. The van der Waals surface area contributed by atoms with E-state index in [2.05, 4.69) is 62.7 Å². The second-order valence-corrected chi connectivity index (χ2v) is 6.33. The van der Waals surface area contributed by atoms with Crippen LogP contribution in [0.2, 0.25) is 0 Å². The van der Waals surface area contributed by atoms with Crippen LogP contribution in [0, 0.1) is 0 Å². The smallest absolute Gasteiger partial charge is 0.0488 e. The number of hydrogen-bond acceptors (Lipinski definition) is 0. The second-order valence-electron chi connectivity index (χ2n) is 6.33. The van der Waals surface area contributed by atoms with E-state index in [4.69, 9.17) is 0 Å². The zero-order chi connectivity index (χ0) is 12.9. The van der Waals surface area contributed by atoms with Crippen LogP contribution in [0.15, 0.2) is 18.2 Å². The van der Waals surface area contributed by atoms with Gasteiger partial charge >= 0.3 is 0 Å². The molecule has 1 aliphatic rings. The molecule has 1 aliphatic carbocycles. The lowest BCUT2D eigenvalue weighted by molar-refractivity contribution is 0.591. The van der Waals surface area contributed by atoms with Crippen LogP contribution < -0.4 is 10.6 Å². The van der Waals surface area contributed by atoms with E-state index in [1.807, 2.05) is 0 Å². The first kappa shape index (κ1) is 11.6. The summed E-state index contributed by atoms with van der Waals surface area (Å²) in [7, 11) is 2.17. The van der Waals surface area contributed by atoms with Gasteiger partial charge in [0.15, 0.2) is 0 Å². The van der Waals surface area contributed by atoms with Crippen LogP contribution in [-0.2, 0) is 12.5 Å². The Kier molecular flexibility index (Phi) is 2.41. The highest BCUT2D eigenvalue weighted by Crippen LogP contribution is 2.24. The fourth-order valence-corrected chi connectivity index (χ4v) is 2.87. The summed E-state index contributed by atoms with van der Waals surface area (Å²) >= 11 is 0. The summed E-state index contributed by atoms with van der Waals surface area (Å²) in [6.07, 6.45) is 7.10. The highest BCUT2D eigenvalue weighted by molar-refractivity contribution is 5.83. The summed E-state index contributed by atoms with van der Waals surface area (Å²) < 4.78 is 2.33. The van der Waals surface area contributed by atoms with E-state index in [0.29, 0.717) is 0 Å². The van der Waals surface area contributed by atoms with Crippen molar-refractivity contribution in [2.45, 2.75) is 39.0 Å². The van der Waals surface area contributed by atoms with Gasteiger partial charge in [-0.1, -0.05) is 39.0 Å². The van der Waals surface area contributed by atoms with Crippen molar-refractivity contribution in [3.05, 3.63) is 34.3 Å². The standard InChI is InChI=1S/C17H21N/c1-17(2,3)12-9-10-16-14(11-12)13-7-5-6-8-15(13)18(16)4/h7-11H,5-6H2,1-4H3. The molecule has 0 spiro atoms. The van der Waals surface area contributed by atoms with Crippen molar-refractivity contribution in [2.24, 2.45) is 7.05 Å². The SMILES string of the molecule is Cn1c2c(c3cc(C(C)(C)C)ccc31)=CCCC=2. The molecule has 2 aromatic rings. The van der Waals surface area contributed by atoms with E-state index in [1.165, 1.54) is 39.9 Å². The molecule has 1 heterocycles. The molecule has 18 heavy (non-hydrogen) atoms. The van der Waals surface area contributed by atoms with Crippen molar-refractivity contribution >= 4 is 23.1 Å². The number of benzene rings is 1. The van der Waals surface area contributed by atoms with Gasteiger partial charge in [-0.3, -0.25) is 0 Å². The maximum atomic E-state index is 2.39. The Labute approximate surface area is 108 Å². The van der Waals surface area contributed by atoms with Gasteiger partial charge in [0.2, 0.25) is 0 Å². The number of fused-ring (bicyclic) bond motifs is 3. The van der Waals surface area contributed by atoms with Gasteiger partial charge in [-0.15, -0.1) is 0 Å². The molecule has 1 aromatic carbocycles. The van der Waals surface area contributed by atoms with E-state index in [-0.39, 0.29) is 5.41 Å². The van der Waals surface area contributed by atoms with E-state index in [9.17, 15) is 0 Å². The zero-order valence-corrected chi connectivity index (χ0v) is 11.7. The summed E-state index contributed by atoms with van der Waals surface area (Å²) in [5.41, 5.74) is 2.99. The first-order valence-corrected chi connectivity index (χ1v) is 6.78. The summed E-state index contributed by atoms with van der Waals surface area (Å²) in [6.45, 7) is 6.83. The van der Waals surface area contributed by atoms with Crippen LogP contribution in [0.25, 0.3) is 23.1 Å². The number of hydrogen-bond donors (Lipinski definition) is 0. The quantitative estimate of drug-likeness (QED) is 0.666. The Bertz CT molecular complexity index is 724. The van der Waals surface area contributed by atoms with E-state index >= 15 is 0 Å². The summed E-state index contributed by atoms with van der Waals surface area (Å²) in [5, 5.41) is 4.24. The number of aryl methyl sites for hydroxylation is 1. The van der Waals surface area contributed by atoms with Crippen molar-refractivity contribution in [3.63, 3.8) is 0 Å². The van der Waals surface area contributed by atoms with Crippen LogP contribution in [0.5, 0.6) is 0 Å². The van der Waals surface area contributed by atoms with Gasteiger partial charge in [0.1, 0.15) is 0 Å². The first-order chi connectivity index (χ1) is 8.48. The average molecular weight is 239 g/mol. The molecular weight excluding hydrogens is 218 g/mol. The van der Waals surface area contributed by atoms with Crippen molar-refractivity contribution in [1.82, 2.24) is 4.57 Å². The summed E-state index contributed by atoms with van der Waals surface area (Å²) in [6, 6.07) is 6.92. The minimum Gasteiger partial charge on any atom is -0.344 e. The van der Waals surface area contributed by atoms with Gasteiger partial charge < -0.3 is 4.57 Å². The van der Waals surface area contributed by atoms with Gasteiger partial charge in [-0.25, -0.2) is 0 Å². The van der Waals surface area contributed by atoms with Crippen molar-refractivity contribution in [2.75, 3.05) is 0 Å². The number of aromatic nitrogens is 1. The Morgan fingerprint density at radius 1 is 1.06 bits per heavy atom. The van der Waals surface area contributed by atoms with Gasteiger partial charge in [0.25, 0.3) is 0 Å². The molecule has 0 fully saturated rings. The topological polar surface area (TPSA) is 4.93 Å². The Hall–Kier alpha value is -1.50. The number of nitrogens with zero attached hydrogens (tertiary/aromatic N) is 1. The number of rotatable bonds is 0. The molecule has 1 aromatic heterocycles. The first-order valence-electron chi connectivity index (χ1n) is 6.78. The normalized spacial score (nSPS) is 15.1. The molecule has 0 amide bonds. The van der Waals surface area contributed by atoms with E-state index in [1.54, 1.807) is 0 Å². The summed E-state index contributed by atoms with van der Waals surface area (Å²) in [4.78, 5) is 0. The van der Waals surface area contributed by atoms with Crippen LogP contribution in [-0.4, -0.2) is 4.57 Å². The zero-order valence-electron chi connectivity index (χ0n) is 11.7. The van der Waals surface area contributed by atoms with Crippen molar-refractivity contribution in [1.29, 1.82) is 0 Å². The molecule has 0 unspecified atom stereocenters. The third-order valence-corrected chi connectivity index (χ3v) is 4.00. The lowest BCUT2D eigenvalue weighted by Crippen LogP contribution is -2.29. The largest absolute Gasteiger partial charge is 0.344 e. The van der Waals surface area contributed by atoms with Crippen LogP contribution in [0.1, 0.15) is 39.2 Å². The molecule has 1 nitrogen and oxygen atoms in total. The van der Waals surface area contributed by atoms with Gasteiger partial charge in [0.05, 0.1) is 0 Å². The molecule has 0 aliphatic heterocycles. The third kappa shape index (κ3) is 1.61. The summed E-state index contributed by atoms with van der Waals surface area (Å²) in [5.74, 6) is 0. The van der Waals surface area contributed by atoms with E-state index < -0.39 is 0 Å². The maximum absolute atomic E-state index is 2.39. The predicted molar refractivity (Wildman–Crippen MR) is 79.0 cm³/mol. The van der Waals surface area contributed by atoms with Crippen LogP contribution in [0.3, 0.4) is 0 Å². The highest BCUT2D eigenvalue weighted by atomic mass is 14.9. The third-order valence-electron chi connectivity index (χ3n) is 4.00. The molecular formula is C17H21N. The minimum atomic E-state index is 0.218. The molecule has 3 rings (SSSR count). The molecule has 0 saturated carbocycles.